The lowest BCUT2D eigenvalue weighted by molar-refractivity contribution is 0.0694. The molecule has 106 valence electrons. The number of hydrogen-bond donors (Lipinski definition) is 2. The highest BCUT2D eigenvalue weighted by molar-refractivity contribution is 7.09. The van der Waals surface area contributed by atoms with Crippen molar-refractivity contribution in [1.82, 2.24) is 5.32 Å². The van der Waals surface area contributed by atoms with Gasteiger partial charge in [0, 0.05) is 23.9 Å². The first-order chi connectivity index (χ1) is 9.61. The average Bonchev–Trinajstić information content (AvgIpc) is 3.07. The van der Waals surface area contributed by atoms with Crippen LogP contribution < -0.4 is 5.32 Å². The van der Waals surface area contributed by atoms with Crippen molar-refractivity contribution >= 4 is 23.2 Å². The van der Waals surface area contributed by atoms with Crippen molar-refractivity contribution in [1.29, 1.82) is 0 Å². The van der Waals surface area contributed by atoms with Crippen molar-refractivity contribution < 1.29 is 19.1 Å². The SMILES string of the molecule is CCc1oc(C(=O)NCCc2cccs2)cc1C(=O)O. The summed E-state index contributed by atoms with van der Waals surface area (Å²) in [7, 11) is 0. The minimum absolute atomic E-state index is 0.0467. The first kappa shape index (κ1) is 14.3. The summed E-state index contributed by atoms with van der Waals surface area (Å²) in [6.07, 6.45) is 1.18. The lowest BCUT2D eigenvalue weighted by atomic mass is 10.2. The zero-order chi connectivity index (χ0) is 14.5. The van der Waals surface area contributed by atoms with Crippen molar-refractivity contribution in [3.05, 3.63) is 45.5 Å². The van der Waals surface area contributed by atoms with E-state index >= 15 is 0 Å². The number of hydrogen-bond acceptors (Lipinski definition) is 4. The fraction of sp³-hybridized carbons (Fsp3) is 0.286. The van der Waals surface area contributed by atoms with Gasteiger partial charge in [-0.2, -0.15) is 0 Å². The van der Waals surface area contributed by atoms with Gasteiger partial charge in [-0.3, -0.25) is 4.79 Å². The van der Waals surface area contributed by atoms with Gasteiger partial charge in [-0.1, -0.05) is 13.0 Å². The summed E-state index contributed by atoms with van der Waals surface area (Å²) in [5, 5.41) is 13.7. The summed E-state index contributed by atoms with van der Waals surface area (Å²) in [4.78, 5) is 24.1. The summed E-state index contributed by atoms with van der Waals surface area (Å²) in [5.41, 5.74) is 0.0518. The van der Waals surface area contributed by atoms with E-state index in [2.05, 4.69) is 5.32 Å². The molecule has 2 N–H and O–H groups in total. The molecule has 6 heteroatoms. The molecule has 20 heavy (non-hydrogen) atoms. The van der Waals surface area contributed by atoms with Gasteiger partial charge in [0.05, 0.1) is 0 Å². The van der Waals surface area contributed by atoms with Gasteiger partial charge in [0.15, 0.2) is 5.76 Å². The molecule has 0 saturated heterocycles. The van der Waals surface area contributed by atoms with Crippen LogP contribution in [0.2, 0.25) is 0 Å². The monoisotopic (exact) mass is 293 g/mol. The lowest BCUT2D eigenvalue weighted by Crippen LogP contribution is -2.25. The number of carboxylic acid groups (broad SMARTS) is 1. The Morgan fingerprint density at radius 1 is 1.45 bits per heavy atom. The fourth-order valence-corrected chi connectivity index (χ4v) is 2.53. The van der Waals surface area contributed by atoms with Crippen LogP contribution in [0, 0.1) is 0 Å². The molecule has 0 aliphatic heterocycles. The van der Waals surface area contributed by atoms with Crippen LogP contribution in [0.15, 0.2) is 28.0 Å². The van der Waals surface area contributed by atoms with E-state index < -0.39 is 5.97 Å². The maximum atomic E-state index is 11.9. The first-order valence-electron chi connectivity index (χ1n) is 6.28. The van der Waals surface area contributed by atoms with E-state index in [0.29, 0.717) is 18.7 Å². The fourth-order valence-electron chi connectivity index (χ4n) is 1.83. The standard InChI is InChI=1S/C14H15NO4S/c1-2-11-10(14(17)18)8-12(19-11)13(16)15-6-5-9-4-3-7-20-9/h3-4,7-8H,2,5-6H2,1H3,(H,15,16)(H,17,18). The van der Waals surface area contributed by atoms with E-state index in [1.165, 1.54) is 10.9 Å². The Hall–Kier alpha value is -2.08. The minimum atomic E-state index is -1.08. The highest BCUT2D eigenvalue weighted by Crippen LogP contribution is 2.16. The molecule has 0 saturated carbocycles. The quantitative estimate of drug-likeness (QED) is 0.858. The highest BCUT2D eigenvalue weighted by atomic mass is 32.1. The van der Waals surface area contributed by atoms with Gasteiger partial charge >= 0.3 is 5.97 Å². The smallest absolute Gasteiger partial charge is 0.339 e. The van der Waals surface area contributed by atoms with Crippen molar-refractivity contribution in [2.24, 2.45) is 0 Å². The molecule has 1 amide bonds. The average molecular weight is 293 g/mol. The second kappa shape index (κ2) is 6.38. The molecule has 5 nitrogen and oxygen atoms in total. The molecule has 0 spiro atoms. The third-order valence-corrected chi connectivity index (χ3v) is 3.76. The Morgan fingerprint density at radius 2 is 2.25 bits per heavy atom. The maximum Gasteiger partial charge on any atom is 0.339 e. The molecule has 0 aliphatic rings. The van der Waals surface area contributed by atoms with Gasteiger partial charge in [0.25, 0.3) is 5.91 Å². The molecule has 2 aromatic heterocycles. The molecule has 0 radical (unpaired) electrons. The Bertz CT molecular complexity index is 601. The summed E-state index contributed by atoms with van der Waals surface area (Å²) < 4.78 is 5.28. The molecule has 2 heterocycles. The molecule has 0 bridgehead atoms. The number of furan rings is 1. The van der Waals surface area contributed by atoms with Gasteiger partial charge < -0.3 is 14.8 Å². The largest absolute Gasteiger partial charge is 0.478 e. The van der Waals surface area contributed by atoms with E-state index in [0.717, 1.165) is 6.42 Å². The van der Waals surface area contributed by atoms with Crippen LogP contribution in [0.1, 0.15) is 38.5 Å². The number of aromatic carboxylic acids is 1. The third-order valence-electron chi connectivity index (χ3n) is 2.82. The topological polar surface area (TPSA) is 79.5 Å². The zero-order valence-corrected chi connectivity index (χ0v) is 11.8. The van der Waals surface area contributed by atoms with Gasteiger partial charge in [-0.05, 0) is 17.9 Å². The molecule has 0 unspecified atom stereocenters. The van der Waals surface area contributed by atoms with Crippen molar-refractivity contribution in [3.63, 3.8) is 0 Å². The second-order valence-electron chi connectivity index (χ2n) is 4.19. The van der Waals surface area contributed by atoms with Crippen molar-refractivity contribution in [2.75, 3.05) is 6.54 Å². The highest BCUT2D eigenvalue weighted by Gasteiger charge is 2.19. The predicted octanol–water partition coefficient (Wildman–Crippen LogP) is 2.57. The predicted molar refractivity (Wildman–Crippen MR) is 75.4 cm³/mol. The van der Waals surface area contributed by atoms with E-state index in [-0.39, 0.29) is 17.2 Å². The zero-order valence-electron chi connectivity index (χ0n) is 11.0. The lowest BCUT2D eigenvalue weighted by Gasteiger charge is -2.01. The Labute approximate surface area is 120 Å². The molecule has 2 aromatic rings. The van der Waals surface area contributed by atoms with Crippen LogP contribution >= 0.6 is 11.3 Å². The Morgan fingerprint density at radius 3 is 2.80 bits per heavy atom. The number of rotatable bonds is 6. The molecular weight excluding hydrogens is 278 g/mol. The van der Waals surface area contributed by atoms with Crippen molar-refractivity contribution in [3.8, 4) is 0 Å². The molecule has 0 fully saturated rings. The van der Waals surface area contributed by atoms with Gasteiger partial charge in [0.1, 0.15) is 11.3 Å². The second-order valence-corrected chi connectivity index (χ2v) is 5.22. The van der Waals surface area contributed by atoms with Gasteiger partial charge in [-0.25, -0.2) is 4.79 Å². The molecule has 2 rings (SSSR count). The Balaban J connectivity index is 1.97. The van der Waals surface area contributed by atoms with E-state index in [4.69, 9.17) is 9.52 Å². The number of carbonyl (C=O) groups is 2. The minimum Gasteiger partial charge on any atom is -0.478 e. The van der Waals surface area contributed by atoms with E-state index in [9.17, 15) is 9.59 Å². The van der Waals surface area contributed by atoms with E-state index in [1.54, 1.807) is 18.3 Å². The Kier molecular flexibility index (Phi) is 4.57. The van der Waals surface area contributed by atoms with E-state index in [1.807, 2.05) is 17.5 Å². The van der Waals surface area contributed by atoms with Crippen LogP contribution in [0.5, 0.6) is 0 Å². The number of carbonyl (C=O) groups excluding carboxylic acids is 1. The van der Waals surface area contributed by atoms with Crippen LogP contribution in [-0.4, -0.2) is 23.5 Å². The number of nitrogens with one attached hydrogen (secondary N) is 1. The van der Waals surface area contributed by atoms with Crippen molar-refractivity contribution in [2.45, 2.75) is 19.8 Å². The number of carboxylic acids is 1. The third kappa shape index (κ3) is 3.27. The van der Waals surface area contributed by atoms with Crippen LogP contribution in [0.25, 0.3) is 0 Å². The summed E-state index contributed by atoms with van der Waals surface area (Å²) in [6.45, 7) is 2.27. The first-order valence-corrected chi connectivity index (χ1v) is 7.16. The normalized spacial score (nSPS) is 10.4. The summed E-state index contributed by atoms with van der Waals surface area (Å²) in [5.74, 6) is -1.10. The van der Waals surface area contributed by atoms with Gasteiger partial charge in [0.2, 0.25) is 0 Å². The van der Waals surface area contributed by atoms with Gasteiger partial charge in [-0.15, -0.1) is 11.3 Å². The number of amides is 1. The maximum absolute atomic E-state index is 11.9. The number of aryl methyl sites for hydroxylation is 1. The molecular formula is C14H15NO4S. The van der Waals surface area contributed by atoms with Crippen LogP contribution in [0.4, 0.5) is 0 Å². The molecule has 0 atom stereocenters. The summed E-state index contributed by atoms with van der Waals surface area (Å²) >= 11 is 1.63. The molecule has 0 aromatic carbocycles. The number of thiophene rings is 1. The van der Waals surface area contributed by atoms with Crippen LogP contribution in [-0.2, 0) is 12.8 Å². The molecule has 0 aliphatic carbocycles. The summed E-state index contributed by atoms with van der Waals surface area (Å²) in [6, 6.07) is 5.24. The van der Waals surface area contributed by atoms with Crippen LogP contribution in [0.3, 0.4) is 0 Å².